The first-order valence-corrected chi connectivity index (χ1v) is 12.5. The van der Waals surface area contributed by atoms with Gasteiger partial charge in [0.05, 0.1) is 12.0 Å². The fraction of sp³-hybridized carbons (Fsp3) is 0.640. The zero-order chi connectivity index (χ0) is 23.4. The van der Waals surface area contributed by atoms with Crippen molar-refractivity contribution >= 4 is 29.3 Å². The summed E-state index contributed by atoms with van der Waals surface area (Å²) in [4.78, 5) is 43.7. The minimum Gasteiger partial charge on any atom is -0.375 e. The summed E-state index contributed by atoms with van der Waals surface area (Å²) in [5, 5.41) is 0.597. The van der Waals surface area contributed by atoms with Gasteiger partial charge < -0.3 is 19.4 Å². The molecule has 3 saturated heterocycles. The van der Waals surface area contributed by atoms with Gasteiger partial charge >= 0.3 is 0 Å². The lowest BCUT2D eigenvalue weighted by Gasteiger charge is -2.40. The molecule has 3 aliphatic heterocycles. The Morgan fingerprint density at radius 3 is 2.61 bits per heavy atom. The van der Waals surface area contributed by atoms with Crippen LogP contribution in [0.4, 0.5) is 0 Å². The Kier molecular flexibility index (Phi) is 7.59. The summed E-state index contributed by atoms with van der Waals surface area (Å²) in [5.41, 5.74) is 0.861. The minimum atomic E-state index is -0.495. The largest absolute Gasteiger partial charge is 0.375 e. The van der Waals surface area contributed by atoms with E-state index >= 15 is 0 Å². The normalized spacial score (nSPS) is 22.8. The van der Waals surface area contributed by atoms with E-state index in [4.69, 9.17) is 16.3 Å². The molecule has 0 unspecified atom stereocenters. The Morgan fingerprint density at radius 1 is 1.12 bits per heavy atom. The molecule has 0 bridgehead atoms. The molecule has 180 valence electrons. The summed E-state index contributed by atoms with van der Waals surface area (Å²) >= 11 is 6.02. The summed E-state index contributed by atoms with van der Waals surface area (Å²) in [7, 11) is 0. The first-order chi connectivity index (χ1) is 15.9. The predicted octanol–water partition coefficient (Wildman–Crippen LogP) is 2.89. The van der Waals surface area contributed by atoms with Crippen LogP contribution in [0, 0.1) is 0 Å². The maximum Gasteiger partial charge on any atom is 0.245 e. The van der Waals surface area contributed by atoms with Crippen molar-refractivity contribution in [1.29, 1.82) is 0 Å². The van der Waals surface area contributed by atoms with E-state index in [2.05, 4.69) is 0 Å². The molecule has 7 nitrogen and oxygen atoms in total. The molecule has 1 aromatic carbocycles. The van der Waals surface area contributed by atoms with Crippen molar-refractivity contribution in [3.63, 3.8) is 0 Å². The third-order valence-electron chi connectivity index (χ3n) is 7.34. The second-order valence-corrected chi connectivity index (χ2v) is 9.95. The highest BCUT2D eigenvalue weighted by molar-refractivity contribution is 6.30. The third kappa shape index (κ3) is 5.69. The molecule has 1 aromatic rings. The minimum absolute atomic E-state index is 0.0171. The molecule has 3 heterocycles. The van der Waals surface area contributed by atoms with Crippen LogP contribution in [0.15, 0.2) is 24.3 Å². The van der Waals surface area contributed by atoms with Crippen molar-refractivity contribution in [3.05, 3.63) is 34.9 Å². The monoisotopic (exact) mass is 475 g/mol. The van der Waals surface area contributed by atoms with Crippen LogP contribution in [0.2, 0.25) is 5.02 Å². The van der Waals surface area contributed by atoms with Gasteiger partial charge in [-0.1, -0.05) is 23.7 Å². The van der Waals surface area contributed by atoms with Crippen LogP contribution in [0.1, 0.15) is 51.0 Å². The van der Waals surface area contributed by atoms with Gasteiger partial charge in [-0.15, -0.1) is 0 Å². The van der Waals surface area contributed by atoms with Crippen LogP contribution in [-0.2, 0) is 25.5 Å². The Morgan fingerprint density at radius 2 is 1.91 bits per heavy atom. The molecule has 4 rings (SSSR count). The van der Waals surface area contributed by atoms with Gasteiger partial charge in [0, 0.05) is 50.8 Å². The molecule has 8 heteroatoms. The highest BCUT2D eigenvalue weighted by atomic mass is 35.5. The van der Waals surface area contributed by atoms with E-state index in [0.717, 1.165) is 50.9 Å². The smallest absolute Gasteiger partial charge is 0.245 e. The molecule has 0 aliphatic carbocycles. The molecule has 3 amide bonds. The summed E-state index contributed by atoms with van der Waals surface area (Å²) in [6.07, 6.45) is 5.42. The molecule has 3 fully saturated rings. The van der Waals surface area contributed by atoms with E-state index < -0.39 is 6.04 Å². The number of benzene rings is 1. The Bertz CT molecular complexity index is 876. The molecular weight excluding hydrogens is 442 g/mol. The second kappa shape index (κ2) is 10.4. The number of amides is 3. The molecule has 1 spiro atoms. The average molecular weight is 476 g/mol. The van der Waals surface area contributed by atoms with Crippen LogP contribution in [0.25, 0.3) is 0 Å². The van der Waals surface area contributed by atoms with Gasteiger partial charge in [-0.05, 0) is 56.7 Å². The lowest BCUT2D eigenvalue weighted by atomic mass is 9.88. The number of rotatable bonds is 6. The van der Waals surface area contributed by atoms with Gasteiger partial charge in [-0.3, -0.25) is 14.4 Å². The number of nitrogens with zero attached hydrogens (tertiary/aromatic N) is 3. The first kappa shape index (κ1) is 24.0. The summed E-state index contributed by atoms with van der Waals surface area (Å²) in [6.45, 7) is 5.72. The zero-order valence-corrected chi connectivity index (χ0v) is 20.2. The molecule has 0 aromatic heterocycles. The first-order valence-electron chi connectivity index (χ1n) is 12.1. The summed E-state index contributed by atoms with van der Waals surface area (Å²) in [6, 6.07) is 6.75. The summed E-state index contributed by atoms with van der Waals surface area (Å²) < 4.78 is 5.94. The van der Waals surface area contributed by atoms with Crippen LogP contribution in [0.3, 0.4) is 0 Å². The number of piperidine rings is 1. The Hall–Kier alpha value is -2.12. The number of hydrogen-bond acceptors (Lipinski definition) is 4. The van der Waals surface area contributed by atoms with E-state index in [1.165, 1.54) is 0 Å². The highest BCUT2D eigenvalue weighted by Gasteiger charge is 2.39. The molecule has 0 N–H and O–H groups in total. The quantitative estimate of drug-likeness (QED) is 0.634. The Labute approximate surface area is 201 Å². The molecule has 33 heavy (non-hydrogen) atoms. The van der Waals surface area contributed by atoms with E-state index in [0.29, 0.717) is 37.5 Å². The van der Waals surface area contributed by atoms with E-state index in [1.54, 1.807) is 28.9 Å². The topological polar surface area (TPSA) is 70.2 Å². The van der Waals surface area contributed by atoms with Gasteiger partial charge in [-0.25, -0.2) is 0 Å². The van der Waals surface area contributed by atoms with Crippen molar-refractivity contribution in [3.8, 4) is 0 Å². The number of carbonyl (C=O) groups is 3. The lowest BCUT2D eigenvalue weighted by molar-refractivity contribution is -0.150. The standard InChI is InChI=1S/C25H34ClN3O4/c1-19-24(32)28(14-15-29(19)23(31)18-20-5-2-6-21(26)17-20)11-3-7-22(30)27-12-9-25(10-13-27)8-4-16-33-25/h2,5-6,17,19H,3-4,7-16,18H2,1H3/t19-/m0/s1. The average Bonchev–Trinajstić information content (AvgIpc) is 3.25. The number of halogens is 1. The number of piperazine rings is 1. The van der Waals surface area contributed by atoms with Crippen molar-refractivity contribution in [2.45, 2.75) is 63.5 Å². The SMILES string of the molecule is C[C@H]1C(=O)N(CCCC(=O)N2CCC3(CCCO3)CC2)CCN1C(=O)Cc1cccc(Cl)c1. The van der Waals surface area contributed by atoms with Crippen LogP contribution in [-0.4, -0.2) is 83.4 Å². The molecule has 0 saturated carbocycles. The van der Waals surface area contributed by atoms with Crippen LogP contribution >= 0.6 is 11.6 Å². The van der Waals surface area contributed by atoms with Gasteiger partial charge in [-0.2, -0.15) is 0 Å². The second-order valence-electron chi connectivity index (χ2n) is 9.51. The van der Waals surface area contributed by atoms with Crippen molar-refractivity contribution in [2.24, 2.45) is 0 Å². The van der Waals surface area contributed by atoms with Gasteiger partial charge in [0.15, 0.2) is 0 Å². The number of ether oxygens (including phenoxy) is 1. The number of hydrogen-bond donors (Lipinski definition) is 0. The van der Waals surface area contributed by atoms with Gasteiger partial charge in [0.2, 0.25) is 17.7 Å². The van der Waals surface area contributed by atoms with Crippen LogP contribution in [0.5, 0.6) is 0 Å². The highest BCUT2D eigenvalue weighted by Crippen LogP contribution is 2.35. The summed E-state index contributed by atoms with van der Waals surface area (Å²) in [5.74, 6) is 0.0483. The van der Waals surface area contributed by atoms with E-state index in [-0.39, 0.29) is 29.7 Å². The molecular formula is C25H34ClN3O4. The van der Waals surface area contributed by atoms with Crippen molar-refractivity contribution in [2.75, 3.05) is 39.3 Å². The van der Waals surface area contributed by atoms with Gasteiger partial charge in [0.1, 0.15) is 6.04 Å². The maximum atomic E-state index is 12.9. The zero-order valence-electron chi connectivity index (χ0n) is 19.4. The number of likely N-dealkylation sites (tertiary alicyclic amines) is 1. The van der Waals surface area contributed by atoms with Crippen molar-refractivity contribution in [1.82, 2.24) is 14.7 Å². The molecule has 3 aliphatic rings. The maximum absolute atomic E-state index is 12.9. The van der Waals surface area contributed by atoms with E-state index in [1.807, 2.05) is 17.0 Å². The van der Waals surface area contributed by atoms with Gasteiger partial charge in [0.25, 0.3) is 0 Å². The van der Waals surface area contributed by atoms with Crippen molar-refractivity contribution < 1.29 is 19.1 Å². The Balaban J connectivity index is 1.20. The predicted molar refractivity (Wildman–Crippen MR) is 126 cm³/mol. The fourth-order valence-corrected chi connectivity index (χ4v) is 5.52. The molecule has 0 radical (unpaired) electrons. The molecule has 1 atom stereocenters. The van der Waals surface area contributed by atoms with E-state index in [9.17, 15) is 14.4 Å². The fourth-order valence-electron chi connectivity index (χ4n) is 5.31. The third-order valence-corrected chi connectivity index (χ3v) is 7.58. The number of carbonyl (C=O) groups excluding carboxylic acids is 3. The lowest BCUT2D eigenvalue weighted by Crippen LogP contribution is -2.58. The van der Waals surface area contributed by atoms with Crippen LogP contribution < -0.4 is 0 Å².